The number of aliphatic hydroxyl groups excluding tert-OH is 1. The first-order valence-electron chi connectivity index (χ1n) is 12.8. The predicted octanol–water partition coefficient (Wildman–Crippen LogP) is 2.80. The molecule has 0 unspecified atom stereocenters. The number of piperazine rings is 1. The monoisotopic (exact) mass is 528 g/mol. The van der Waals surface area contributed by atoms with Crippen molar-refractivity contribution in [3.05, 3.63) is 34.3 Å². The minimum atomic E-state index is -0.871. The number of carbonyl (C=O) groups is 2. The van der Waals surface area contributed by atoms with E-state index in [2.05, 4.69) is 17.1 Å². The van der Waals surface area contributed by atoms with Gasteiger partial charge in [0.05, 0.1) is 6.10 Å². The summed E-state index contributed by atoms with van der Waals surface area (Å²) in [6.45, 7) is 4.47. The molecule has 10 heteroatoms. The van der Waals surface area contributed by atoms with Crippen molar-refractivity contribution < 1.29 is 19.4 Å². The van der Waals surface area contributed by atoms with Crippen LogP contribution >= 0.6 is 24.0 Å². The second-order valence-electron chi connectivity index (χ2n) is 10.2. The number of pyridine rings is 1. The molecular weight excluding hydrogens is 491 g/mol. The summed E-state index contributed by atoms with van der Waals surface area (Å²) in [5, 5.41) is 25.9. The van der Waals surface area contributed by atoms with Gasteiger partial charge < -0.3 is 20.5 Å². The van der Waals surface area contributed by atoms with Crippen molar-refractivity contribution in [1.29, 1.82) is 0 Å². The van der Waals surface area contributed by atoms with Crippen LogP contribution in [0.3, 0.4) is 0 Å². The molecule has 1 saturated carbocycles. The minimum absolute atomic E-state index is 0. The van der Waals surface area contributed by atoms with Gasteiger partial charge >= 0.3 is 0 Å². The Morgan fingerprint density at radius 2 is 1.91 bits per heavy atom. The molecule has 8 nitrogen and oxygen atoms in total. The fourth-order valence-corrected chi connectivity index (χ4v) is 6.00. The number of amides is 2. The molecule has 2 atom stereocenters. The number of aliphatic hydroxyl groups is 1. The van der Waals surface area contributed by atoms with E-state index in [0.29, 0.717) is 43.8 Å². The van der Waals surface area contributed by atoms with E-state index >= 15 is 0 Å². The summed E-state index contributed by atoms with van der Waals surface area (Å²) < 4.78 is 0.653. The number of unbranched alkanes of at least 4 members (excludes halogenated alkanes) is 1. The molecule has 1 aliphatic carbocycles. The van der Waals surface area contributed by atoms with E-state index in [1.165, 1.54) is 12.6 Å². The summed E-state index contributed by atoms with van der Waals surface area (Å²) in [4.78, 5) is 31.2. The fraction of sp³-hybridized carbons (Fsp3) is 0.720. The lowest BCUT2D eigenvalue weighted by atomic mass is 9.78. The Bertz CT molecular complexity index is 888. The predicted molar refractivity (Wildman–Crippen MR) is 136 cm³/mol. The largest absolute Gasteiger partial charge is 0.618 e. The van der Waals surface area contributed by atoms with Crippen LogP contribution in [0.2, 0.25) is 5.15 Å². The van der Waals surface area contributed by atoms with Crippen molar-refractivity contribution in [2.45, 2.75) is 88.9 Å². The highest BCUT2D eigenvalue weighted by atomic mass is 35.5. The van der Waals surface area contributed by atoms with E-state index in [4.69, 9.17) is 11.6 Å². The van der Waals surface area contributed by atoms with Gasteiger partial charge in [0.1, 0.15) is 11.6 Å². The van der Waals surface area contributed by atoms with E-state index in [0.717, 1.165) is 44.1 Å². The second-order valence-corrected chi connectivity index (χ2v) is 10.6. The summed E-state index contributed by atoms with van der Waals surface area (Å²) in [7, 11) is 0. The zero-order valence-electron chi connectivity index (χ0n) is 20.5. The molecule has 35 heavy (non-hydrogen) atoms. The summed E-state index contributed by atoms with van der Waals surface area (Å²) in [5.41, 5.74) is -0.0118. The van der Waals surface area contributed by atoms with Gasteiger partial charge in [0.15, 0.2) is 6.20 Å². The Hall–Kier alpha value is -1.61. The van der Waals surface area contributed by atoms with Crippen LogP contribution in [0.4, 0.5) is 0 Å². The van der Waals surface area contributed by atoms with Crippen molar-refractivity contribution in [3.8, 4) is 0 Å². The number of carbonyl (C=O) groups excluding carboxylic acids is 2. The summed E-state index contributed by atoms with van der Waals surface area (Å²) >= 11 is 5.83. The van der Waals surface area contributed by atoms with E-state index in [-0.39, 0.29) is 35.3 Å². The van der Waals surface area contributed by atoms with Gasteiger partial charge in [0.2, 0.25) is 11.8 Å². The molecule has 0 bridgehead atoms. The molecule has 1 spiro atoms. The Kier molecular flexibility index (Phi) is 9.66. The second kappa shape index (κ2) is 12.1. The molecule has 3 heterocycles. The third-order valence-electron chi connectivity index (χ3n) is 7.99. The van der Waals surface area contributed by atoms with Crippen LogP contribution in [0, 0.1) is 11.1 Å². The highest BCUT2D eigenvalue weighted by molar-refractivity contribution is 6.28. The van der Waals surface area contributed by atoms with Gasteiger partial charge in [-0.2, -0.15) is 4.73 Å². The topological polar surface area (TPSA) is 99.8 Å². The normalized spacial score (nSPS) is 24.2. The Morgan fingerprint density at radius 1 is 1.23 bits per heavy atom. The smallest absolute Gasteiger partial charge is 0.286 e. The van der Waals surface area contributed by atoms with Gasteiger partial charge in [-0.05, 0) is 55.7 Å². The highest BCUT2D eigenvalue weighted by Crippen LogP contribution is 2.36. The average Bonchev–Trinajstić information content (AvgIpc) is 2.85. The van der Waals surface area contributed by atoms with Crippen LogP contribution in [0.1, 0.15) is 70.3 Å². The van der Waals surface area contributed by atoms with E-state index in [1.807, 2.05) is 6.07 Å². The van der Waals surface area contributed by atoms with Gasteiger partial charge in [0, 0.05) is 37.8 Å². The van der Waals surface area contributed by atoms with Crippen molar-refractivity contribution in [3.63, 3.8) is 0 Å². The highest BCUT2D eigenvalue weighted by Gasteiger charge is 2.55. The standard InChI is InChI=1S/C25H37ClN4O4.ClH/c1-2-3-13-29-23(32)21(22(31)19-7-5-4-6-8-19)27-24(33)25(29)11-14-28(15-12-25)16-18-9-10-20(26)30(34)17-18;/h9-10,17,19,21-22,31H,2-8,11-16H2,1H3,(H,27,33);1H/t21-,22-;/m1./s1. The molecule has 2 N–H and O–H groups in total. The summed E-state index contributed by atoms with van der Waals surface area (Å²) in [5.74, 6) is -0.202. The molecule has 1 aromatic heterocycles. The number of nitrogens with one attached hydrogen (secondary N) is 1. The maximum absolute atomic E-state index is 13.7. The molecule has 2 aliphatic heterocycles. The molecule has 3 aliphatic rings. The van der Waals surface area contributed by atoms with Gasteiger partial charge in [-0.25, -0.2) is 0 Å². The zero-order chi connectivity index (χ0) is 24.3. The first-order valence-corrected chi connectivity index (χ1v) is 13.1. The van der Waals surface area contributed by atoms with Crippen LogP contribution in [0.25, 0.3) is 0 Å². The molecule has 3 fully saturated rings. The van der Waals surface area contributed by atoms with Crippen molar-refractivity contribution in [2.75, 3.05) is 19.6 Å². The Balaban J connectivity index is 0.00000342. The molecule has 4 rings (SSSR count). The fourth-order valence-electron chi connectivity index (χ4n) is 5.89. The van der Waals surface area contributed by atoms with Gasteiger partial charge in [0.25, 0.3) is 5.15 Å². The maximum Gasteiger partial charge on any atom is 0.286 e. The number of aromatic nitrogens is 1. The van der Waals surface area contributed by atoms with Crippen molar-refractivity contribution >= 4 is 35.8 Å². The SMILES string of the molecule is CCCCN1C(=O)[C@@H]([C@H](O)C2CCCCC2)NC(=O)C12CCN(Cc1ccc(Cl)[n+]([O-])c1)CC2.Cl. The van der Waals surface area contributed by atoms with Crippen LogP contribution < -0.4 is 10.0 Å². The van der Waals surface area contributed by atoms with Crippen LogP contribution in [-0.4, -0.2) is 64.0 Å². The maximum atomic E-state index is 13.7. The Labute approximate surface area is 219 Å². The molecule has 2 saturated heterocycles. The van der Waals surface area contributed by atoms with Crippen LogP contribution in [0.15, 0.2) is 18.3 Å². The van der Waals surface area contributed by atoms with Crippen LogP contribution in [-0.2, 0) is 16.1 Å². The summed E-state index contributed by atoms with van der Waals surface area (Å²) in [6.07, 6.45) is 8.58. The van der Waals surface area contributed by atoms with Crippen molar-refractivity contribution in [1.82, 2.24) is 15.1 Å². The Morgan fingerprint density at radius 3 is 2.54 bits per heavy atom. The number of hydrogen-bond acceptors (Lipinski definition) is 5. The quantitative estimate of drug-likeness (QED) is 0.322. The van der Waals surface area contributed by atoms with E-state index in [9.17, 15) is 19.9 Å². The van der Waals surface area contributed by atoms with E-state index < -0.39 is 17.7 Å². The third-order valence-corrected chi connectivity index (χ3v) is 8.28. The zero-order valence-corrected chi connectivity index (χ0v) is 22.0. The number of piperidine rings is 1. The lowest BCUT2D eigenvalue weighted by molar-refractivity contribution is -0.603. The lowest BCUT2D eigenvalue weighted by Gasteiger charge is -2.52. The molecule has 2 amide bonds. The molecule has 0 aromatic carbocycles. The number of rotatable bonds is 7. The molecule has 0 radical (unpaired) electrons. The number of nitrogens with zero attached hydrogens (tertiary/aromatic N) is 3. The van der Waals surface area contributed by atoms with Gasteiger partial charge in [-0.15, -0.1) is 12.4 Å². The lowest BCUT2D eigenvalue weighted by Crippen LogP contribution is -2.75. The van der Waals surface area contributed by atoms with Gasteiger partial charge in [-0.1, -0.05) is 32.6 Å². The minimum Gasteiger partial charge on any atom is -0.618 e. The first-order chi connectivity index (χ1) is 16.4. The molecular formula is C25H38Cl2N4O4. The first kappa shape index (κ1) is 28.0. The summed E-state index contributed by atoms with van der Waals surface area (Å²) in [6, 6.07) is 2.58. The van der Waals surface area contributed by atoms with Crippen LogP contribution in [0.5, 0.6) is 0 Å². The third kappa shape index (κ3) is 5.87. The number of halogens is 2. The molecule has 196 valence electrons. The number of hydrogen-bond donors (Lipinski definition) is 2. The van der Waals surface area contributed by atoms with Crippen molar-refractivity contribution in [2.24, 2.45) is 5.92 Å². The average molecular weight is 530 g/mol. The van der Waals surface area contributed by atoms with Gasteiger partial charge in [-0.3, -0.25) is 14.5 Å². The van der Waals surface area contributed by atoms with E-state index in [1.54, 1.807) is 11.0 Å². The number of likely N-dealkylation sites (tertiary alicyclic amines) is 1. The molecule has 1 aromatic rings.